The fourth-order valence-corrected chi connectivity index (χ4v) is 1.54. The molecule has 0 bridgehead atoms. The van der Waals surface area contributed by atoms with Crippen molar-refractivity contribution in [2.45, 2.75) is 18.2 Å². The van der Waals surface area contributed by atoms with Crippen LogP contribution in [0.15, 0.2) is 30.3 Å². The Morgan fingerprint density at radius 3 is 2.64 bits per heavy atom. The van der Waals surface area contributed by atoms with Crippen LogP contribution in [0.2, 0.25) is 0 Å². The highest BCUT2D eigenvalue weighted by molar-refractivity contribution is 5.20. The summed E-state index contributed by atoms with van der Waals surface area (Å²) in [6.07, 6.45) is -1.66. The fraction of sp³-hybridized carbons (Fsp3) is 0.400. The molecule has 2 rings (SSSR count). The summed E-state index contributed by atoms with van der Waals surface area (Å²) in [7, 11) is 0. The predicted molar refractivity (Wildman–Crippen MR) is 50.3 cm³/mol. The minimum absolute atomic E-state index is 0.116. The molecule has 3 N–H and O–H groups in total. The van der Waals surface area contributed by atoms with Crippen LogP contribution in [0.25, 0.3) is 0 Å². The highest BCUT2D eigenvalue weighted by Gasteiger charge is 2.32. The van der Waals surface area contributed by atoms with Crippen molar-refractivity contribution in [1.29, 1.82) is 0 Å². The average Bonchev–Trinajstić information content (AvgIpc) is 2.23. The number of hydrogen-bond donors (Lipinski definition) is 3. The Labute approximate surface area is 82.1 Å². The topological polar surface area (TPSA) is 61.7 Å². The zero-order valence-electron chi connectivity index (χ0n) is 7.63. The molecule has 4 heteroatoms. The van der Waals surface area contributed by atoms with Crippen molar-refractivity contribution >= 4 is 0 Å². The Kier molecular flexibility index (Phi) is 2.79. The van der Waals surface area contributed by atoms with Crippen LogP contribution in [0, 0.1) is 0 Å². The molecule has 1 saturated heterocycles. The van der Waals surface area contributed by atoms with Gasteiger partial charge in [-0.05, 0) is 5.56 Å². The van der Waals surface area contributed by atoms with E-state index in [1.807, 2.05) is 30.3 Å². The van der Waals surface area contributed by atoms with Gasteiger partial charge in [-0.2, -0.15) is 5.48 Å². The normalized spacial score (nSPS) is 32.9. The van der Waals surface area contributed by atoms with Crippen LogP contribution < -0.4 is 5.48 Å². The molecule has 1 aliphatic rings. The molecule has 0 aromatic heterocycles. The second kappa shape index (κ2) is 4.06. The first-order chi connectivity index (χ1) is 6.79. The number of aliphatic hydroxyl groups excluding tert-OH is 2. The summed E-state index contributed by atoms with van der Waals surface area (Å²) >= 11 is 0. The van der Waals surface area contributed by atoms with Crippen molar-refractivity contribution in [1.82, 2.24) is 5.48 Å². The maximum atomic E-state index is 9.70. The molecule has 0 radical (unpaired) electrons. The van der Waals surface area contributed by atoms with Gasteiger partial charge < -0.3 is 10.2 Å². The highest BCUT2D eigenvalue weighted by Crippen LogP contribution is 2.22. The van der Waals surface area contributed by atoms with Gasteiger partial charge in [-0.1, -0.05) is 30.3 Å². The SMILES string of the molecule is O[C@@H]1[C@@H](O)CON[C@H]1c1ccccc1. The maximum Gasteiger partial charge on any atom is 0.107 e. The van der Waals surface area contributed by atoms with Gasteiger partial charge in [0.05, 0.1) is 12.6 Å². The smallest absolute Gasteiger partial charge is 0.107 e. The van der Waals surface area contributed by atoms with Crippen molar-refractivity contribution in [3.8, 4) is 0 Å². The number of hydroxylamine groups is 1. The molecule has 1 fully saturated rings. The van der Waals surface area contributed by atoms with E-state index in [-0.39, 0.29) is 12.6 Å². The van der Waals surface area contributed by atoms with E-state index in [0.717, 1.165) is 5.56 Å². The Bertz CT molecular complexity index is 291. The van der Waals surface area contributed by atoms with Gasteiger partial charge in [-0.3, -0.25) is 4.84 Å². The minimum Gasteiger partial charge on any atom is -0.388 e. The van der Waals surface area contributed by atoms with Gasteiger partial charge in [0.25, 0.3) is 0 Å². The average molecular weight is 195 g/mol. The quantitative estimate of drug-likeness (QED) is 0.589. The van der Waals surface area contributed by atoms with Gasteiger partial charge in [0, 0.05) is 0 Å². The largest absolute Gasteiger partial charge is 0.388 e. The highest BCUT2D eigenvalue weighted by atomic mass is 16.7. The second-order valence-electron chi connectivity index (χ2n) is 3.38. The van der Waals surface area contributed by atoms with Gasteiger partial charge in [0.15, 0.2) is 0 Å². The Morgan fingerprint density at radius 1 is 1.21 bits per heavy atom. The summed E-state index contributed by atoms with van der Waals surface area (Å²) in [6, 6.07) is 9.05. The molecule has 0 spiro atoms. The lowest BCUT2D eigenvalue weighted by Gasteiger charge is -2.32. The molecule has 3 atom stereocenters. The zero-order chi connectivity index (χ0) is 9.97. The van der Waals surface area contributed by atoms with E-state index in [2.05, 4.69) is 5.48 Å². The van der Waals surface area contributed by atoms with Gasteiger partial charge in [0.1, 0.15) is 12.2 Å². The van der Waals surface area contributed by atoms with E-state index in [1.54, 1.807) is 0 Å². The van der Waals surface area contributed by atoms with Crippen LogP contribution in [0.5, 0.6) is 0 Å². The first kappa shape index (κ1) is 9.61. The van der Waals surface area contributed by atoms with Gasteiger partial charge >= 0.3 is 0 Å². The van der Waals surface area contributed by atoms with Gasteiger partial charge in [0.2, 0.25) is 0 Å². The molecule has 0 amide bonds. The van der Waals surface area contributed by atoms with Crippen LogP contribution >= 0.6 is 0 Å². The molecule has 1 aromatic carbocycles. The lowest BCUT2D eigenvalue weighted by atomic mass is 9.98. The van der Waals surface area contributed by atoms with Crippen LogP contribution in [0.4, 0.5) is 0 Å². The number of aliphatic hydroxyl groups is 2. The molecule has 1 aliphatic heterocycles. The van der Waals surface area contributed by atoms with E-state index in [1.165, 1.54) is 0 Å². The summed E-state index contributed by atoms with van der Waals surface area (Å²) in [5, 5.41) is 19.1. The molecule has 1 aromatic rings. The van der Waals surface area contributed by atoms with E-state index in [4.69, 9.17) is 4.84 Å². The first-order valence-corrected chi connectivity index (χ1v) is 4.57. The van der Waals surface area contributed by atoms with Crippen molar-refractivity contribution < 1.29 is 15.1 Å². The van der Waals surface area contributed by atoms with Crippen molar-refractivity contribution in [3.05, 3.63) is 35.9 Å². The lowest BCUT2D eigenvalue weighted by molar-refractivity contribution is -0.148. The van der Waals surface area contributed by atoms with Gasteiger partial charge in [-0.25, -0.2) is 0 Å². The fourth-order valence-electron chi connectivity index (χ4n) is 1.54. The van der Waals surface area contributed by atoms with Crippen LogP contribution in [-0.2, 0) is 4.84 Å². The summed E-state index contributed by atoms with van der Waals surface area (Å²) in [5.41, 5.74) is 3.61. The minimum atomic E-state index is -0.832. The van der Waals surface area contributed by atoms with E-state index in [9.17, 15) is 10.2 Å². The summed E-state index contributed by atoms with van der Waals surface area (Å²) in [6.45, 7) is 0.116. The molecule has 0 unspecified atom stereocenters. The molecule has 0 aliphatic carbocycles. The van der Waals surface area contributed by atoms with Gasteiger partial charge in [-0.15, -0.1) is 0 Å². The summed E-state index contributed by atoms with van der Waals surface area (Å²) in [5.74, 6) is 0. The maximum absolute atomic E-state index is 9.70. The molecular formula is C10H13NO3. The molecule has 0 saturated carbocycles. The van der Waals surface area contributed by atoms with Crippen LogP contribution in [0.1, 0.15) is 11.6 Å². The summed E-state index contributed by atoms with van der Waals surface area (Å²) < 4.78 is 0. The van der Waals surface area contributed by atoms with Crippen molar-refractivity contribution in [2.75, 3.05) is 6.61 Å². The predicted octanol–water partition coefficient (Wildman–Crippen LogP) is -0.0157. The number of hydrogen-bond acceptors (Lipinski definition) is 4. The molecular weight excluding hydrogens is 182 g/mol. The number of benzene rings is 1. The van der Waals surface area contributed by atoms with E-state index in [0.29, 0.717) is 0 Å². The molecule has 76 valence electrons. The van der Waals surface area contributed by atoms with Crippen molar-refractivity contribution in [3.63, 3.8) is 0 Å². The third-order valence-corrected chi connectivity index (χ3v) is 2.36. The van der Waals surface area contributed by atoms with Crippen LogP contribution in [0.3, 0.4) is 0 Å². The standard InChI is InChI=1S/C10H13NO3/c12-8-6-14-11-9(10(8)13)7-4-2-1-3-5-7/h1-5,8-13H,6H2/t8-,9-,10+/m0/s1. The zero-order valence-corrected chi connectivity index (χ0v) is 7.63. The second-order valence-corrected chi connectivity index (χ2v) is 3.38. The molecule has 4 nitrogen and oxygen atoms in total. The Hall–Kier alpha value is -0.940. The lowest BCUT2D eigenvalue weighted by Crippen LogP contribution is -2.48. The number of rotatable bonds is 1. The van der Waals surface area contributed by atoms with E-state index >= 15 is 0 Å². The third-order valence-electron chi connectivity index (χ3n) is 2.36. The van der Waals surface area contributed by atoms with Crippen molar-refractivity contribution in [2.24, 2.45) is 0 Å². The van der Waals surface area contributed by atoms with Crippen LogP contribution in [-0.4, -0.2) is 29.0 Å². The summed E-state index contributed by atoms with van der Waals surface area (Å²) in [4.78, 5) is 4.96. The Morgan fingerprint density at radius 2 is 1.93 bits per heavy atom. The van der Waals surface area contributed by atoms with E-state index < -0.39 is 12.2 Å². The first-order valence-electron chi connectivity index (χ1n) is 4.57. The molecule has 1 heterocycles. The number of nitrogens with one attached hydrogen (secondary N) is 1. The monoisotopic (exact) mass is 195 g/mol. The Balaban J connectivity index is 2.17. The molecule has 14 heavy (non-hydrogen) atoms. The third kappa shape index (κ3) is 1.78.